The summed E-state index contributed by atoms with van der Waals surface area (Å²) in [4.78, 5) is 31.9. The number of ether oxygens (including phenoxy) is 2. The number of anilines is 1. The number of nitrogens with zero attached hydrogens (tertiary/aromatic N) is 4. The third kappa shape index (κ3) is 5.10. The molecule has 0 radical (unpaired) electrons. The number of amides is 1. The molecule has 0 saturated carbocycles. The maximum atomic E-state index is 13.6. The molecular weight excluding hydrogens is 479 g/mol. The van der Waals surface area contributed by atoms with Gasteiger partial charge in [-0.15, -0.1) is 0 Å². The number of aryl methyl sites for hydroxylation is 1. The minimum Gasteiger partial charge on any atom is -0.450 e. The number of ketones is 1. The molecular formula is C27H27FN4O5. The molecule has 3 aromatic heterocycles. The van der Waals surface area contributed by atoms with Crippen LogP contribution in [0.4, 0.5) is 14.9 Å². The first-order valence-electron chi connectivity index (χ1n) is 12.2. The number of benzene rings is 1. The molecule has 4 aromatic rings. The number of halogens is 1. The second-order valence-corrected chi connectivity index (χ2v) is 8.87. The monoisotopic (exact) mass is 506 g/mol. The summed E-state index contributed by atoms with van der Waals surface area (Å²) in [5, 5.41) is 4.81. The molecule has 0 bridgehead atoms. The van der Waals surface area contributed by atoms with Crippen LogP contribution in [0.2, 0.25) is 0 Å². The van der Waals surface area contributed by atoms with Crippen molar-refractivity contribution in [3.8, 4) is 11.1 Å². The molecule has 1 aliphatic heterocycles. The van der Waals surface area contributed by atoms with Crippen LogP contribution in [0.15, 0.2) is 53.3 Å². The lowest BCUT2D eigenvalue weighted by molar-refractivity contribution is 0.101. The van der Waals surface area contributed by atoms with Crippen LogP contribution in [0.25, 0.3) is 22.1 Å². The normalized spacial score (nSPS) is 15.3. The molecule has 1 aromatic carbocycles. The quantitative estimate of drug-likeness (QED) is 0.241. The minimum absolute atomic E-state index is 0.0153. The Morgan fingerprint density at radius 1 is 1.22 bits per heavy atom. The number of pyridine rings is 1. The van der Waals surface area contributed by atoms with Gasteiger partial charge < -0.3 is 13.9 Å². The predicted molar refractivity (Wildman–Crippen MR) is 134 cm³/mol. The third-order valence-electron chi connectivity index (χ3n) is 6.35. The Bertz CT molecular complexity index is 1420. The highest BCUT2D eigenvalue weighted by molar-refractivity contribution is 6.17. The molecule has 0 aliphatic carbocycles. The van der Waals surface area contributed by atoms with Crippen LogP contribution in [-0.4, -0.2) is 52.5 Å². The van der Waals surface area contributed by atoms with Crippen molar-refractivity contribution < 1.29 is 27.9 Å². The standard InChI is InChI=1S/C27H27FN4O5/c1-3-35-27(34)32(11-10-20-5-4-12-36-20)24-21-13-17(19-15-30-31(2)16-19)6-8-22(21)37-26(24)25(33)18-7-9-23(28)29-14-18/h6-9,13-16,20H,3-5,10-12H2,1-2H3. The molecule has 9 nitrogen and oxygen atoms in total. The molecule has 5 rings (SSSR count). The molecule has 4 heterocycles. The number of rotatable bonds is 8. The van der Waals surface area contributed by atoms with E-state index in [0.717, 1.165) is 36.2 Å². The van der Waals surface area contributed by atoms with Gasteiger partial charge in [0.1, 0.15) is 11.3 Å². The number of carbonyl (C=O) groups is 2. The van der Waals surface area contributed by atoms with E-state index >= 15 is 0 Å². The molecule has 1 amide bonds. The van der Waals surface area contributed by atoms with Gasteiger partial charge in [0.15, 0.2) is 5.76 Å². The zero-order valence-electron chi connectivity index (χ0n) is 20.6. The molecule has 1 fully saturated rings. The van der Waals surface area contributed by atoms with Gasteiger partial charge in [0.2, 0.25) is 11.7 Å². The highest BCUT2D eigenvalue weighted by Gasteiger charge is 2.31. The second kappa shape index (κ2) is 10.5. The van der Waals surface area contributed by atoms with Crippen molar-refractivity contribution in [2.75, 3.05) is 24.7 Å². The van der Waals surface area contributed by atoms with Gasteiger partial charge in [-0.05, 0) is 56.0 Å². The summed E-state index contributed by atoms with van der Waals surface area (Å²) < 4.78 is 32.3. The summed E-state index contributed by atoms with van der Waals surface area (Å²) in [5.41, 5.74) is 2.57. The third-order valence-corrected chi connectivity index (χ3v) is 6.35. The topological polar surface area (TPSA) is 99.7 Å². The highest BCUT2D eigenvalue weighted by atomic mass is 19.1. The summed E-state index contributed by atoms with van der Waals surface area (Å²) in [6.45, 7) is 2.84. The van der Waals surface area contributed by atoms with Crippen LogP contribution in [0.5, 0.6) is 0 Å². The fraction of sp³-hybridized carbons (Fsp3) is 0.333. The molecule has 1 atom stereocenters. The summed E-state index contributed by atoms with van der Waals surface area (Å²) in [6.07, 6.45) is 6.61. The van der Waals surface area contributed by atoms with E-state index in [2.05, 4.69) is 10.1 Å². The van der Waals surface area contributed by atoms with Gasteiger partial charge in [0.05, 0.1) is 18.9 Å². The molecule has 192 valence electrons. The van der Waals surface area contributed by atoms with Crippen LogP contribution >= 0.6 is 0 Å². The van der Waals surface area contributed by atoms with Gasteiger partial charge >= 0.3 is 6.09 Å². The van der Waals surface area contributed by atoms with E-state index in [0.29, 0.717) is 29.7 Å². The highest BCUT2D eigenvalue weighted by Crippen LogP contribution is 2.38. The maximum Gasteiger partial charge on any atom is 0.414 e. The summed E-state index contributed by atoms with van der Waals surface area (Å²) in [7, 11) is 1.83. The Hall–Kier alpha value is -4.05. The SMILES string of the molecule is CCOC(=O)N(CCC1CCCO1)c1c(C(=O)c2ccc(F)nc2)oc2ccc(-c3cnn(C)c3)cc12. The Morgan fingerprint density at radius 2 is 2.08 bits per heavy atom. The molecule has 0 spiro atoms. The van der Waals surface area contributed by atoms with Gasteiger partial charge in [-0.1, -0.05) is 6.07 Å². The molecule has 10 heteroatoms. The van der Waals surface area contributed by atoms with Crippen molar-refractivity contribution in [1.82, 2.24) is 14.8 Å². The van der Waals surface area contributed by atoms with Crippen LogP contribution in [0, 0.1) is 5.95 Å². The molecule has 37 heavy (non-hydrogen) atoms. The van der Waals surface area contributed by atoms with Gasteiger partial charge in [-0.3, -0.25) is 14.4 Å². The zero-order chi connectivity index (χ0) is 25.9. The van der Waals surface area contributed by atoms with E-state index in [-0.39, 0.29) is 30.6 Å². The molecule has 1 unspecified atom stereocenters. The maximum absolute atomic E-state index is 13.6. The van der Waals surface area contributed by atoms with Gasteiger partial charge in [0, 0.05) is 49.1 Å². The lowest BCUT2D eigenvalue weighted by Crippen LogP contribution is -2.35. The van der Waals surface area contributed by atoms with Crippen LogP contribution < -0.4 is 4.90 Å². The number of furan rings is 1. The number of fused-ring (bicyclic) bond motifs is 1. The fourth-order valence-electron chi connectivity index (χ4n) is 4.54. The molecule has 0 N–H and O–H groups in total. The zero-order valence-corrected chi connectivity index (χ0v) is 20.6. The fourth-order valence-corrected chi connectivity index (χ4v) is 4.54. The number of hydrogen-bond donors (Lipinski definition) is 0. The Kier molecular flexibility index (Phi) is 7.00. The Labute approximate surface area is 212 Å². The lowest BCUT2D eigenvalue weighted by atomic mass is 10.0. The predicted octanol–water partition coefficient (Wildman–Crippen LogP) is 5.13. The first-order valence-corrected chi connectivity index (χ1v) is 12.2. The minimum atomic E-state index is -0.702. The average Bonchev–Trinajstić information content (AvgIpc) is 3.65. The van der Waals surface area contributed by atoms with Gasteiger partial charge in [-0.2, -0.15) is 9.49 Å². The van der Waals surface area contributed by atoms with Crippen molar-refractivity contribution in [3.05, 3.63) is 66.2 Å². The van der Waals surface area contributed by atoms with E-state index in [1.807, 2.05) is 25.4 Å². The largest absolute Gasteiger partial charge is 0.450 e. The van der Waals surface area contributed by atoms with Crippen molar-refractivity contribution in [2.24, 2.45) is 7.05 Å². The van der Waals surface area contributed by atoms with Crippen molar-refractivity contribution in [1.29, 1.82) is 0 Å². The Balaban J connectivity index is 1.65. The van der Waals surface area contributed by atoms with Crippen LogP contribution in [0.1, 0.15) is 42.3 Å². The van der Waals surface area contributed by atoms with Crippen molar-refractivity contribution in [2.45, 2.75) is 32.3 Å². The smallest absolute Gasteiger partial charge is 0.414 e. The van der Waals surface area contributed by atoms with Gasteiger partial charge in [-0.25, -0.2) is 9.78 Å². The van der Waals surface area contributed by atoms with E-state index in [1.54, 1.807) is 23.9 Å². The van der Waals surface area contributed by atoms with Crippen LogP contribution in [-0.2, 0) is 16.5 Å². The van der Waals surface area contributed by atoms with Gasteiger partial charge in [0.25, 0.3) is 0 Å². The first-order chi connectivity index (χ1) is 17.9. The summed E-state index contributed by atoms with van der Waals surface area (Å²) >= 11 is 0. The van der Waals surface area contributed by atoms with E-state index in [4.69, 9.17) is 13.9 Å². The number of carbonyl (C=O) groups excluding carboxylic acids is 2. The molecule has 1 aliphatic rings. The number of aromatic nitrogens is 3. The van der Waals surface area contributed by atoms with Crippen molar-refractivity contribution >= 4 is 28.5 Å². The van der Waals surface area contributed by atoms with E-state index in [1.165, 1.54) is 11.0 Å². The lowest BCUT2D eigenvalue weighted by Gasteiger charge is -2.23. The first kappa shape index (κ1) is 24.6. The van der Waals surface area contributed by atoms with Crippen molar-refractivity contribution in [3.63, 3.8) is 0 Å². The van der Waals surface area contributed by atoms with E-state index in [9.17, 15) is 14.0 Å². The summed E-state index contributed by atoms with van der Waals surface area (Å²) in [5.74, 6) is -1.27. The molecule has 1 saturated heterocycles. The summed E-state index contributed by atoms with van der Waals surface area (Å²) in [6, 6.07) is 7.93. The number of hydrogen-bond acceptors (Lipinski definition) is 7. The van der Waals surface area contributed by atoms with E-state index < -0.39 is 17.8 Å². The average molecular weight is 507 g/mol. The van der Waals surface area contributed by atoms with Crippen LogP contribution in [0.3, 0.4) is 0 Å². The Morgan fingerprint density at radius 3 is 2.76 bits per heavy atom. The second-order valence-electron chi connectivity index (χ2n) is 8.87.